The van der Waals surface area contributed by atoms with Gasteiger partial charge in [-0.15, -0.1) is 11.7 Å². The Morgan fingerprint density at radius 1 is 1.35 bits per heavy atom. The first-order valence-corrected chi connectivity index (χ1v) is 8.95. The van der Waals surface area contributed by atoms with Gasteiger partial charge in [-0.2, -0.15) is 5.10 Å². The van der Waals surface area contributed by atoms with Gasteiger partial charge in [0.2, 0.25) is 5.91 Å². The van der Waals surface area contributed by atoms with E-state index in [4.69, 9.17) is 9.15 Å². The van der Waals surface area contributed by atoms with Gasteiger partial charge in [-0.05, 0) is 36.2 Å². The first-order valence-electron chi connectivity index (χ1n) is 8.07. The molecule has 0 aliphatic carbocycles. The number of hydrogen-bond acceptors (Lipinski definition) is 6. The molecule has 7 heteroatoms. The fourth-order valence-corrected chi connectivity index (χ4v) is 3.63. The van der Waals surface area contributed by atoms with Gasteiger partial charge in [-0.25, -0.2) is 0 Å². The van der Waals surface area contributed by atoms with Crippen LogP contribution in [0.1, 0.15) is 11.3 Å². The third-order valence-corrected chi connectivity index (χ3v) is 4.95. The number of hydrogen-bond donors (Lipinski definition) is 0. The largest absolute Gasteiger partial charge is 0.497 e. The average Bonchev–Trinajstić information content (AvgIpc) is 3.27. The van der Waals surface area contributed by atoms with E-state index < -0.39 is 0 Å². The zero-order valence-corrected chi connectivity index (χ0v) is 15.2. The molecule has 1 fully saturated rings. The van der Waals surface area contributed by atoms with Crippen LogP contribution >= 0.6 is 11.8 Å². The molecule has 6 nitrogen and oxygen atoms in total. The number of nitrogens with zero attached hydrogens (tertiary/aromatic N) is 3. The number of amides is 1. The number of ether oxygens (including phenoxy) is 1. The summed E-state index contributed by atoms with van der Waals surface area (Å²) in [5, 5.41) is 8.56. The van der Waals surface area contributed by atoms with E-state index in [-0.39, 0.29) is 11.2 Å². The summed E-state index contributed by atoms with van der Waals surface area (Å²) in [7, 11) is 1.63. The summed E-state index contributed by atoms with van der Waals surface area (Å²) < 4.78 is 10.3. The lowest BCUT2D eigenvalue weighted by molar-refractivity contribution is -0.125. The van der Waals surface area contributed by atoms with E-state index in [1.54, 1.807) is 36.5 Å². The van der Waals surface area contributed by atoms with Crippen molar-refractivity contribution in [1.82, 2.24) is 4.90 Å². The Hall–Kier alpha value is -2.80. The minimum Gasteiger partial charge on any atom is -0.497 e. The Labute approximate surface area is 156 Å². The van der Waals surface area contributed by atoms with Gasteiger partial charge in [-0.1, -0.05) is 30.0 Å². The van der Waals surface area contributed by atoms with E-state index in [0.717, 1.165) is 11.3 Å². The Kier molecular flexibility index (Phi) is 5.91. The van der Waals surface area contributed by atoms with Crippen LogP contribution in [0.3, 0.4) is 0 Å². The molecule has 0 spiro atoms. The molecule has 0 saturated carbocycles. The number of carbonyl (C=O) groups is 1. The van der Waals surface area contributed by atoms with Crippen molar-refractivity contribution in [2.75, 3.05) is 13.7 Å². The van der Waals surface area contributed by atoms with Crippen molar-refractivity contribution >= 4 is 29.1 Å². The van der Waals surface area contributed by atoms with Gasteiger partial charge in [0, 0.05) is 6.54 Å². The Morgan fingerprint density at radius 2 is 2.15 bits per heavy atom. The van der Waals surface area contributed by atoms with Crippen LogP contribution in [0.25, 0.3) is 0 Å². The first-order chi connectivity index (χ1) is 12.7. The smallest absolute Gasteiger partial charge is 0.242 e. The fourth-order valence-electron chi connectivity index (χ4n) is 2.49. The van der Waals surface area contributed by atoms with Crippen molar-refractivity contribution in [3.8, 4) is 5.75 Å². The molecule has 0 bridgehead atoms. The van der Waals surface area contributed by atoms with E-state index in [1.165, 1.54) is 18.0 Å². The highest BCUT2D eigenvalue weighted by molar-refractivity contribution is 8.15. The summed E-state index contributed by atoms with van der Waals surface area (Å²) in [5.74, 6) is 1.41. The van der Waals surface area contributed by atoms with Crippen LogP contribution in [0.15, 0.2) is 69.9 Å². The molecular weight excluding hydrogens is 350 g/mol. The molecule has 1 aromatic heterocycles. The Bertz CT molecular complexity index is 813. The molecule has 2 aromatic rings. The first kappa shape index (κ1) is 18.0. The van der Waals surface area contributed by atoms with Gasteiger partial charge in [0.15, 0.2) is 5.17 Å². The van der Waals surface area contributed by atoms with Crippen LogP contribution in [-0.2, 0) is 11.2 Å². The SMILES string of the molecule is C=CCN1C(=O)C(Cc2ccc(OC)cc2)S/C1=N\N=C\c1ccco1. The van der Waals surface area contributed by atoms with Gasteiger partial charge in [-0.3, -0.25) is 9.69 Å². The quantitative estimate of drug-likeness (QED) is 0.426. The summed E-state index contributed by atoms with van der Waals surface area (Å²) in [4.78, 5) is 14.3. The monoisotopic (exact) mass is 369 g/mol. The predicted molar refractivity (Wildman–Crippen MR) is 104 cm³/mol. The second-order valence-corrected chi connectivity index (χ2v) is 6.71. The zero-order chi connectivity index (χ0) is 18.4. The number of amidine groups is 1. The second kappa shape index (κ2) is 8.53. The standard InChI is InChI=1S/C19H19N3O3S/c1-3-10-22-18(23)17(12-14-6-8-15(24-2)9-7-14)26-19(22)21-20-13-16-5-4-11-25-16/h3-9,11,13,17H,1,10,12H2,2H3/b20-13+,21-19-. The van der Waals surface area contributed by atoms with E-state index in [9.17, 15) is 4.79 Å². The van der Waals surface area contributed by atoms with Crippen molar-refractivity contribution in [2.45, 2.75) is 11.7 Å². The number of furan rings is 1. The lowest BCUT2D eigenvalue weighted by atomic mass is 10.1. The third-order valence-electron chi connectivity index (χ3n) is 3.78. The maximum Gasteiger partial charge on any atom is 0.242 e. The second-order valence-electron chi connectivity index (χ2n) is 5.54. The van der Waals surface area contributed by atoms with Crippen molar-refractivity contribution in [1.29, 1.82) is 0 Å². The number of benzene rings is 1. The van der Waals surface area contributed by atoms with Gasteiger partial charge in [0.05, 0.1) is 24.8 Å². The summed E-state index contributed by atoms with van der Waals surface area (Å²) in [5.41, 5.74) is 1.07. The average molecular weight is 369 g/mol. The summed E-state index contributed by atoms with van der Waals surface area (Å²) >= 11 is 1.41. The molecule has 1 saturated heterocycles. The normalized spacial score (nSPS) is 18.8. The van der Waals surface area contributed by atoms with E-state index >= 15 is 0 Å². The number of carbonyl (C=O) groups excluding carboxylic acids is 1. The van der Waals surface area contributed by atoms with Gasteiger partial charge in [0.1, 0.15) is 11.5 Å². The van der Waals surface area contributed by atoms with Gasteiger partial charge in [0.25, 0.3) is 0 Å². The highest BCUT2D eigenvalue weighted by atomic mass is 32.2. The lowest BCUT2D eigenvalue weighted by Crippen LogP contribution is -2.32. The van der Waals surface area contributed by atoms with Crippen molar-refractivity contribution < 1.29 is 13.9 Å². The maximum absolute atomic E-state index is 12.7. The van der Waals surface area contributed by atoms with E-state index in [0.29, 0.717) is 23.9 Å². The molecule has 1 aromatic carbocycles. The molecule has 134 valence electrons. The number of rotatable bonds is 7. The number of methoxy groups -OCH3 is 1. The van der Waals surface area contributed by atoms with E-state index in [1.807, 2.05) is 24.3 Å². The van der Waals surface area contributed by atoms with Crippen molar-refractivity contribution in [3.05, 3.63) is 66.6 Å². The van der Waals surface area contributed by atoms with Gasteiger partial charge < -0.3 is 9.15 Å². The number of thioether (sulfide) groups is 1. The third kappa shape index (κ3) is 4.23. The fraction of sp³-hybridized carbons (Fsp3) is 0.211. The minimum absolute atomic E-state index is 0.0117. The maximum atomic E-state index is 12.7. The molecule has 1 unspecified atom stereocenters. The van der Waals surface area contributed by atoms with Crippen LogP contribution in [-0.4, -0.2) is 41.1 Å². The topological polar surface area (TPSA) is 67.4 Å². The molecular formula is C19H19N3O3S. The zero-order valence-electron chi connectivity index (χ0n) is 14.4. The van der Waals surface area contributed by atoms with Crippen LogP contribution < -0.4 is 4.74 Å². The van der Waals surface area contributed by atoms with Crippen LogP contribution in [0.2, 0.25) is 0 Å². The predicted octanol–water partition coefficient (Wildman–Crippen LogP) is 3.35. The van der Waals surface area contributed by atoms with Crippen molar-refractivity contribution in [2.24, 2.45) is 10.2 Å². The minimum atomic E-state index is -0.235. The molecule has 0 radical (unpaired) electrons. The van der Waals surface area contributed by atoms with Crippen LogP contribution in [0.4, 0.5) is 0 Å². The summed E-state index contributed by atoms with van der Waals surface area (Å²) in [6.45, 7) is 4.12. The van der Waals surface area contributed by atoms with Gasteiger partial charge >= 0.3 is 0 Å². The van der Waals surface area contributed by atoms with Crippen LogP contribution in [0, 0.1) is 0 Å². The summed E-state index contributed by atoms with van der Waals surface area (Å²) in [6, 6.07) is 11.3. The van der Waals surface area contributed by atoms with E-state index in [2.05, 4.69) is 16.8 Å². The van der Waals surface area contributed by atoms with Crippen molar-refractivity contribution in [3.63, 3.8) is 0 Å². The molecule has 1 aliphatic heterocycles. The molecule has 1 aliphatic rings. The highest BCUT2D eigenvalue weighted by Gasteiger charge is 2.37. The molecule has 1 amide bonds. The van der Waals surface area contributed by atoms with Crippen LogP contribution in [0.5, 0.6) is 5.75 Å². The molecule has 2 heterocycles. The Balaban J connectivity index is 1.73. The molecule has 26 heavy (non-hydrogen) atoms. The lowest BCUT2D eigenvalue weighted by Gasteiger charge is -2.12. The Morgan fingerprint density at radius 3 is 2.81 bits per heavy atom. The summed E-state index contributed by atoms with van der Waals surface area (Å²) in [6.07, 6.45) is 5.38. The molecule has 1 atom stereocenters. The highest BCUT2D eigenvalue weighted by Crippen LogP contribution is 2.30. The molecule has 0 N–H and O–H groups in total. The molecule has 3 rings (SSSR count).